The summed E-state index contributed by atoms with van der Waals surface area (Å²) >= 11 is 0. The molecule has 2 nitrogen and oxygen atoms in total. The Morgan fingerprint density at radius 2 is 1.71 bits per heavy atom. The Morgan fingerprint density at radius 3 is 2.12 bits per heavy atom. The third-order valence-electron chi connectivity index (χ3n) is 4.08. The summed E-state index contributed by atoms with van der Waals surface area (Å²) in [6.07, 6.45) is 5.18. The van der Waals surface area contributed by atoms with E-state index in [1.807, 2.05) is 6.92 Å². The van der Waals surface area contributed by atoms with Gasteiger partial charge in [-0.2, -0.15) is 0 Å². The molecular weight excluding hydrogens is 210 g/mol. The molecule has 0 aromatic rings. The lowest BCUT2D eigenvalue weighted by molar-refractivity contribution is 0.0349. The molecule has 0 rings (SSSR count). The topological polar surface area (TPSA) is 32.3 Å². The number of hydrogen-bond acceptors (Lipinski definition) is 2. The van der Waals surface area contributed by atoms with Crippen LogP contribution in [-0.4, -0.2) is 22.8 Å². The minimum Gasteiger partial charge on any atom is -0.390 e. The molecule has 0 fully saturated rings. The van der Waals surface area contributed by atoms with Gasteiger partial charge in [0.2, 0.25) is 0 Å². The second-order valence-corrected chi connectivity index (χ2v) is 6.16. The summed E-state index contributed by atoms with van der Waals surface area (Å²) in [4.78, 5) is 0. The molecule has 0 aliphatic heterocycles. The van der Waals surface area contributed by atoms with Gasteiger partial charge < -0.3 is 10.4 Å². The van der Waals surface area contributed by atoms with Crippen LogP contribution in [0.3, 0.4) is 0 Å². The molecule has 0 bridgehead atoms. The number of hydrogen-bond donors (Lipinski definition) is 2. The molecule has 0 saturated carbocycles. The van der Waals surface area contributed by atoms with E-state index in [1.54, 1.807) is 0 Å². The standard InChI is InChI=1S/C15H33NO/c1-7-13(4)12-14(5,16-9-3)10-11-15(6,17)8-2/h13,16-17H,7-12H2,1-6H3. The average molecular weight is 243 g/mol. The van der Waals surface area contributed by atoms with Crippen molar-refractivity contribution in [3.63, 3.8) is 0 Å². The first-order valence-electron chi connectivity index (χ1n) is 7.26. The van der Waals surface area contributed by atoms with Gasteiger partial charge in [0, 0.05) is 5.54 Å². The van der Waals surface area contributed by atoms with E-state index in [2.05, 4.69) is 39.9 Å². The Labute approximate surface area is 108 Å². The highest BCUT2D eigenvalue weighted by molar-refractivity contribution is 4.87. The van der Waals surface area contributed by atoms with Gasteiger partial charge in [-0.3, -0.25) is 0 Å². The van der Waals surface area contributed by atoms with E-state index in [9.17, 15) is 5.11 Å². The number of aliphatic hydroxyl groups is 1. The highest BCUT2D eigenvalue weighted by Gasteiger charge is 2.28. The van der Waals surface area contributed by atoms with Gasteiger partial charge in [0.05, 0.1) is 5.60 Å². The molecule has 104 valence electrons. The Kier molecular flexibility index (Phi) is 7.34. The summed E-state index contributed by atoms with van der Waals surface area (Å²) in [5.74, 6) is 0.741. The molecule has 17 heavy (non-hydrogen) atoms. The van der Waals surface area contributed by atoms with Crippen molar-refractivity contribution < 1.29 is 5.11 Å². The summed E-state index contributed by atoms with van der Waals surface area (Å²) in [7, 11) is 0. The molecule has 0 amide bonds. The maximum absolute atomic E-state index is 10.1. The van der Waals surface area contributed by atoms with Crippen LogP contribution in [0, 0.1) is 5.92 Å². The van der Waals surface area contributed by atoms with Crippen molar-refractivity contribution in [3.8, 4) is 0 Å². The Hall–Kier alpha value is -0.0800. The summed E-state index contributed by atoms with van der Waals surface area (Å²) in [5.41, 5.74) is -0.338. The minimum absolute atomic E-state index is 0.170. The number of nitrogens with one attached hydrogen (secondary N) is 1. The molecule has 0 radical (unpaired) electrons. The van der Waals surface area contributed by atoms with Crippen molar-refractivity contribution in [1.29, 1.82) is 0 Å². The zero-order valence-electron chi connectivity index (χ0n) is 12.8. The van der Waals surface area contributed by atoms with Crippen molar-refractivity contribution in [1.82, 2.24) is 5.32 Å². The second kappa shape index (κ2) is 7.38. The van der Waals surface area contributed by atoms with E-state index in [0.29, 0.717) is 0 Å². The zero-order chi connectivity index (χ0) is 13.5. The lowest BCUT2D eigenvalue weighted by atomic mass is 9.81. The predicted molar refractivity (Wildman–Crippen MR) is 76.3 cm³/mol. The van der Waals surface area contributed by atoms with Crippen molar-refractivity contribution in [2.75, 3.05) is 6.54 Å². The largest absolute Gasteiger partial charge is 0.390 e. The smallest absolute Gasteiger partial charge is 0.0617 e. The van der Waals surface area contributed by atoms with Gasteiger partial charge in [-0.1, -0.05) is 34.1 Å². The fourth-order valence-corrected chi connectivity index (χ4v) is 2.32. The molecule has 3 unspecified atom stereocenters. The Bertz CT molecular complexity index is 203. The monoisotopic (exact) mass is 243 g/mol. The molecule has 0 aromatic heterocycles. The highest BCUT2D eigenvalue weighted by Crippen LogP contribution is 2.28. The van der Waals surface area contributed by atoms with Gasteiger partial charge in [-0.15, -0.1) is 0 Å². The van der Waals surface area contributed by atoms with Gasteiger partial charge in [-0.05, 0) is 52.0 Å². The van der Waals surface area contributed by atoms with Crippen molar-refractivity contribution >= 4 is 0 Å². The highest BCUT2D eigenvalue weighted by atomic mass is 16.3. The van der Waals surface area contributed by atoms with E-state index in [0.717, 1.165) is 31.7 Å². The fraction of sp³-hybridized carbons (Fsp3) is 1.00. The van der Waals surface area contributed by atoms with Crippen molar-refractivity contribution in [3.05, 3.63) is 0 Å². The van der Waals surface area contributed by atoms with Gasteiger partial charge in [0.1, 0.15) is 0 Å². The molecule has 0 spiro atoms. The maximum Gasteiger partial charge on any atom is 0.0617 e. The summed E-state index contributed by atoms with van der Waals surface area (Å²) < 4.78 is 0. The quantitative estimate of drug-likeness (QED) is 0.646. The Balaban J connectivity index is 4.39. The van der Waals surface area contributed by atoms with Crippen molar-refractivity contribution in [2.45, 2.75) is 84.8 Å². The summed E-state index contributed by atoms with van der Waals surface area (Å²) in [6.45, 7) is 14.0. The number of rotatable bonds is 9. The van der Waals surface area contributed by atoms with Crippen LogP contribution < -0.4 is 5.32 Å². The zero-order valence-corrected chi connectivity index (χ0v) is 12.8. The average Bonchev–Trinajstić information content (AvgIpc) is 2.27. The van der Waals surface area contributed by atoms with Gasteiger partial charge in [0.15, 0.2) is 0 Å². The van der Waals surface area contributed by atoms with E-state index in [1.165, 1.54) is 12.8 Å². The van der Waals surface area contributed by atoms with E-state index in [-0.39, 0.29) is 5.54 Å². The molecule has 0 saturated heterocycles. The predicted octanol–water partition coefficient (Wildman–Crippen LogP) is 3.73. The normalized spacial score (nSPS) is 20.6. The third-order valence-corrected chi connectivity index (χ3v) is 4.08. The van der Waals surface area contributed by atoms with Crippen molar-refractivity contribution in [2.24, 2.45) is 5.92 Å². The second-order valence-electron chi connectivity index (χ2n) is 6.16. The fourth-order valence-electron chi connectivity index (χ4n) is 2.32. The Morgan fingerprint density at radius 1 is 1.12 bits per heavy atom. The first-order chi connectivity index (χ1) is 7.78. The first kappa shape index (κ1) is 16.9. The van der Waals surface area contributed by atoms with Crippen LogP contribution >= 0.6 is 0 Å². The van der Waals surface area contributed by atoms with Crippen LogP contribution in [-0.2, 0) is 0 Å². The van der Waals surface area contributed by atoms with Crippen LogP contribution in [0.4, 0.5) is 0 Å². The lowest BCUT2D eigenvalue weighted by Gasteiger charge is -2.35. The van der Waals surface area contributed by atoms with E-state index < -0.39 is 5.60 Å². The van der Waals surface area contributed by atoms with Gasteiger partial charge in [-0.25, -0.2) is 0 Å². The molecule has 0 aliphatic rings. The molecule has 2 heteroatoms. The SMILES string of the molecule is CCNC(C)(CCC(C)(O)CC)CC(C)CC. The molecule has 0 aromatic carbocycles. The molecule has 0 aliphatic carbocycles. The van der Waals surface area contributed by atoms with Crippen LogP contribution in [0.25, 0.3) is 0 Å². The first-order valence-corrected chi connectivity index (χ1v) is 7.26. The molecule has 2 N–H and O–H groups in total. The van der Waals surface area contributed by atoms with Crippen LogP contribution in [0.2, 0.25) is 0 Å². The van der Waals surface area contributed by atoms with Gasteiger partial charge >= 0.3 is 0 Å². The van der Waals surface area contributed by atoms with Gasteiger partial charge in [0.25, 0.3) is 0 Å². The molecule has 0 heterocycles. The summed E-state index contributed by atoms with van der Waals surface area (Å²) in [5, 5.41) is 13.7. The lowest BCUT2D eigenvalue weighted by Crippen LogP contribution is -2.45. The maximum atomic E-state index is 10.1. The van der Waals surface area contributed by atoms with Crippen LogP contribution in [0.1, 0.15) is 73.6 Å². The molecular formula is C15H33NO. The van der Waals surface area contributed by atoms with E-state index in [4.69, 9.17) is 0 Å². The molecule has 3 atom stereocenters. The van der Waals surface area contributed by atoms with Crippen LogP contribution in [0.5, 0.6) is 0 Å². The van der Waals surface area contributed by atoms with Crippen LogP contribution in [0.15, 0.2) is 0 Å². The third kappa shape index (κ3) is 7.05. The van der Waals surface area contributed by atoms with E-state index >= 15 is 0 Å². The summed E-state index contributed by atoms with van der Waals surface area (Å²) in [6, 6.07) is 0. The minimum atomic E-state index is -0.508.